The minimum absolute atomic E-state index is 0.0333. The molecule has 0 radical (unpaired) electrons. The lowest BCUT2D eigenvalue weighted by atomic mass is 10.1. The van der Waals surface area contributed by atoms with E-state index in [1.54, 1.807) is 45.0 Å². The second-order valence-corrected chi connectivity index (χ2v) is 8.14. The molecular weight excluding hydrogens is 388 g/mol. The summed E-state index contributed by atoms with van der Waals surface area (Å²) in [6.07, 6.45) is -0.357. The second kappa shape index (κ2) is 8.13. The average Bonchev–Trinajstić information content (AvgIpc) is 2.91. The smallest absolute Gasteiger partial charge is 0.408 e. The average molecular weight is 410 g/mol. The molecule has 29 heavy (non-hydrogen) atoms. The zero-order chi connectivity index (χ0) is 21.2. The number of thiocarbonyl (C=S) groups is 1. The molecule has 1 aliphatic rings. The summed E-state index contributed by atoms with van der Waals surface area (Å²) >= 11 is 5.51. The van der Waals surface area contributed by atoms with Crippen LogP contribution in [0.5, 0.6) is 0 Å². The third-order valence-corrected chi connectivity index (χ3v) is 4.75. The van der Waals surface area contributed by atoms with E-state index < -0.39 is 29.6 Å². The minimum Gasteiger partial charge on any atom is -0.444 e. The van der Waals surface area contributed by atoms with E-state index >= 15 is 0 Å². The van der Waals surface area contributed by atoms with Crippen LogP contribution in [0.3, 0.4) is 0 Å². The molecule has 0 aromatic heterocycles. The molecule has 3 rings (SSSR count). The largest absolute Gasteiger partial charge is 0.444 e. The number of amides is 3. The van der Waals surface area contributed by atoms with Gasteiger partial charge in [0.1, 0.15) is 10.6 Å². The number of hydrogen-bond donors (Lipinski definition) is 1. The number of hydrogen-bond acceptors (Lipinski definition) is 5. The summed E-state index contributed by atoms with van der Waals surface area (Å²) < 4.78 is 5.34. The zero-order valence-electron chi connectivity index (χ0n) is 16.5. The fourth-order valence-electron chi connectivity index (χ4n) is 3.04. The fraction of sp³-hybridized carbons (Fsp3) is 0.273. The topological polar surface area (TPSA) is 75.7 Å². The standard InChI is InChI=1S/C22H22N2O4S/c1-22(2,3)28-21(27)23-17(13-14-9-5-4-6-10-14)20(29)24-18(25)15-11-7-8-12-16(15)19(24)26/h4-12,17H,13H2,1-3H3,(H,23,27)/t17-/m0/s1. The van der Waals surface area contributed by atoms with Gasteiger partial charge in [-0.15, -0.1) is 0 Å². The highest BCUT2D eigenvalue weighted by Crippen LogP contribution is 2.24. The van der Waals surface area contributed by atoms with Gasteiger partial charge in [0.25, 0.3) is 11.8 Å². The van der Waals surface area contributed by atoms with Gasteiger partial charge < -0.3 is 10.1 Å². The number of rotatable bonds is 4. The van der Waals surface area contributed by atoms with Gasteiger partial charge in [0, 0.05) is 0 Å². The zero-order valence-corrected chi connectivity index (χ0v) is 17.3. The third kappa shape index (κ3) is 4.68. The van der Waals surface area contributed by atoms with Crippen LogP contribution in [-0.2, 0) is 11.2 Å². The van der Waals surface area contributed by atoms with Gasteiger partial charge >= 0.3 is 6.09 Å². The van der Waals surface area contributed by atoms with Crippen LogP contribution in [0, 0.1) is 0 Å². The normalized spacial score (nSPS) is 14.4. The number of carbonyl (C=O) groups is 3. The summed E-state index contributed by atoms with van der Waals surface area (Å²) in [7, 11) is 0. The Balaban J connectivity index is 1.87. The van der Waals surface area contributed by atoms with Crippen molar-refractivity contribution in [3.63, 3.8) is 0 Å². The molecule has 2 aromatic rings. The highest BCUT2D eigenvalue weighted by atomic mass is 32.1. The molecular formula is C22H22N2O4S. The van der Waals surface area contributed by atoms with Crippen molar-refractivity contribution in [2.45, 2.75) is 38.8 Å². The van der Waals surface area contributed by atoms with E-state index in [1.807, 2.05) is 30.3 Å². The molecule has 1 aliphatic heterocycles. The summed E-state index contributed by atoms with van der Waals surface area (Å²) in [6.45, 7) is 5.25. The Bertz CT molecular complexity index is 931. The van der Waals surface area contributed by atoms with E-state index in [4.69, 9.17) is 17.0 Å². The molecule has 3 amide bonds. The lowest BCUT2D eigenvalue weighted by Crippen LogP contribution is -2.51. The van der Waals surface area contributed by atoms with E-state index in [0.29, 0.717) is 17.5 Å². The first-order valence-corrected chi connectivity index (χ1v) is 9.63. The van der Waals surface area contributed by atoms with Crippen molar-refractivity contribution in [3.05, 3.63) is 71.3 Å². The van der Waals surface area contributed by atoms with Crippen molar-refractivity contribution in [1.82, 2.24) is 10.2 Å². The maximum Gasteiger partial charge on any atom is 0.408 e. The van der Waals surface area contributed by atoms with Crippen LogP contribution in [-0.4, -0.2) is 39.4 Å². The molecule has 1 N–H and O–H groups in total. The van der Waals surface area contributed by atoms with E-state index in [0.717, 1.165) is 10.5 Å². The molecule has 150 valence electrons. The third-order valence-electron chi connectivity index (χ3n) is 4.29. The number of nitrogens with one attached hydrogen (secondary N) is 1. The second-order valence-electron chi connectivity index (χ2n) is 7.72. The molecule has 0 saturated carbocycles. The molecule has 0 aliphatic carbocycles. The number of alkyl carbamates (subject to hydrolysis) is 1. The first kappa shape index (κ1) is 20.7. The molecule has 0 saturated heterocycles. The SMILES string of the molecule is CC(C)(C)OC(=O)N[C@@H](Cc1ccccc1)C(=S)N1C(=O)c2ccccc2C1=O. The summed E-state index contributed by atoms with van der Waals surface area (Å²) in [5.74, 6) is -0.973. The van der Waals surface area contributed by atoms with E-state index in [-0.39, 0.29) is 4.99 Å². The first-order chi connectivity index (χ1) is 13.7. The summed E-state index contributed by atoms with van der Waals surface area (Å²) in [6, 6.07) is 15.2. The van der Waals surface area contributed by atoms with Crippen molar-refractivity contribution in [2.75, 3.05) is 0 Å². The highest BCUT2D eigenvalue weighted by molar-refractivity contribution is 7.80. The predicted molar refractivity (Wildman–Crippen MR) is 113 cm³/mol. The van der Waals surface area contributed by atoms with Crippen LogP contribution in [0.25, 0.3) is 0 Å². The lowest BCUT2D eigenvalue weighted by molar-refractivity contribution is 0.0511. The van der Waals surface area contributed by atoms with E-state index in [1.165, 1.54) is 0 Å². The molecule has 1 atom stereocenters. The fourth-order valence-corrected chi connectivity index (χ4v) is 3.35. The molecule has 0 bridgehead atoms. The molecule has 0 unspecified atom stereocenters. The Morgan fingerprint density at radius 2 is 1.52 bits per heavy atom. The number of carbonyl (C=O) groups excluding carboxylic acids is 3. The Morgan fingerprint density at radius 1 is 1.00 bits per heavy atom. The van der Waals surface area contributed by atoms with Gasteiger partial charge in [-0.2, -0.15) is 0 Å². The van der Waals surface area contributed by atoms with Crippen LogP contribution in [0.4, 0.5) is 4.79 Å². The summed E-state index contributed by atoms with van der Waals surface area (Å²) in [5, 5.41) is 2.72. The van der Waals surface area contributed by atoms with Crippen molar-refractivity contribution < 1.29 is 19.1 Å². The quantitative estimate of drug-likeness (QED) is 0.614. The molecule has 2 aromatic carbocycles. The number of imide groups is 1. The molecule has 6 nitrogen and oxygen atoms in total. The van der Waals surface area contributed by atoms with Crippen LogP contribution >= 0.6 is 12.2 Å². The number of ether oxygens (including phenoxy) is 1. The summed E-state index contributed by atoms with van der Waals surface area (Å²) in [5.41, 5.74) is 0.803. The number of benzene rings is 2. The van der Waals surface area contributed by atoms with Crippen molar-refractivity contribution in [3.8, 4) is 0 Å². The molecule has 0 fully saturated rings. The Hall–Kier alpha value is -3.06. The van der Waals surface area contributed by atoms with Gasteiger partial charge in [0.05, 0.1) is 17.2 Å². The van der Waals surface area contributed by atoms with Crippen molar-refractivity contribution in [1.29, 1.82) is 0 Å². The maximum atomic E-state index is 12.8. The summed E-state index contributed by atoms with van der Waals surface area (Å²) in [4.78, 5) is 39.0. The minimum atomic E-state index is -0.774. The Labute approximate surface area is 174 Å². The number of fused-ring (bicyclic) bond motifs is 1. The Morgan fingerprint density at radius 3 is 2.03 bits per heavy atom. The van der Waals surface area contributed by atoms with Gasteiger partial charge in [0.2, 0.25) is 0 Å². The van der Waals surface area contributed by atoms with E-state index in [2.05, 4.69) is 5.32 Å². The molecule has 7 heteroatoms. The van der Waals surface area contributed by atoms with E-state index in [9.17, 15) is 14.4 Å². The van der Waals surface area contributed by atoms with Gasteiger partial charge in [-0.3, -0.25) is 9.59 Å². The molecule has 0 spiro atoms. The first-order valence-electron chi connectivity index (χ1n) is 9.22. The van der Waals surface area contributed by atoms with Crippen LogP contribution in [0.2, 0.25) is 0 Å². The predicted octanol–water partition coefficient (Wildman–Crippen LogP) is 3.75. The van der Waals surface area contributed by atoms with Gasteiger partial charge in [-0.1, -0.05) is 54.7 Å². The Kier molecular flexibility index (Phi) is 5.79. The lowest BCUT2D eigenvalue weighted by Gasteiger charge is -2.27. The van der Waals surface area contributed by atoms with Crippen LogP contribution < -0.4 is 5.32 Å². The maximum absolute atomic E-state index is 12.8. The van der Waals surface area contributed by atoms with Crippen molar-refractivity contribution >= 4 is 35.1 Å². The van der Waals surface area contributed by atoms with Gasteiger partial charge in [0.15, 0.2) is 0 Å². The number of nitrogens with zero attached hydrogens (tertiary/aromatic N) is 1. The van der Waals surface area contributed by atoms with Crippen LogP contribution in [0.15, 0.2) is 54.6 Å². The monoisotopic (exact) mass is 410 g/mol. The van der Waals surface area contributed by atoms with Crippen LogP contribution in [0.1, 0.15) is 47.1 Å². The highest BCUT2D eigenvalue weighted by Gasteiger charge is 2.40. The van der Waals surface area contributed by atoms with Gasteiger partial charge in [-0.05, 0) is 44.9 Å². The van der Waals surface area contributed by atoms with Crippen molar-refractivity contribution in [2.24, 2.45) is 0 Å². The molecule has 1 heterocycles. The van der Waals surface area contributed by atoms with Gasteiger partial charge in [-0.25, -0.2) is 9.69 Å².